The van der Waals surface area contributed by atoms with E-state index in [0.29, 0.717) is 38.2 Å². The zero-order valence-electron chi connectivity index (χ0n) is 22.6. The standard InChI is InChI=1S/C28H34F3N7O3/c29-28(30,31)23-18-24(35-19-34-23)37-22(27(39)40)11-15-38(16-17-41-25-8-1-3-12-32-25)14-4-2-7-21-10-9-20-6-5-13-33-26(20)36-21/h1,3,8-10,12,18-19,22H,2,4-7,11,13-17H2,(H,33,36)(H,39,40)(H,34,35,37). The van der Waals surface area contributed by atoms with Crippen LogP contribution in [-0.2, 0) is 23.8 Å². The van der Waals surface area contributed by atoms with Crippen molar-refractivity contribution in [1.82, 2.24) is 24.8 Å². The summed E-state index contributed by atoms with van der Waals surface area (Å²) in [7, 11) is 0. The van der Waals surface area contributed by atoms with Crippen LogP contribution in [0.3, 0.4) is 0 Å². The highest BCUT2D eigenvalue weighted by atomic mass is 19.4. The maximum absolute atomic E-state index is 13.0. The Hall–Kier alpha value is -4.00. The molecule has 10 nitrogen and oxygen atoms in total. The van der Waals surface area contributed by atoms with Crippen LogP contribution in [0.25, 0.3) is 0 Å². The lowest BCUT2D eigenvalue weighted by atomic mass is 10.1. The summed E-state index contributed by atoms with van der Waals surface area (Å²) in [5.41, 5.74) is 1.13. The van der Waals surface area contributed by atoms with Gasteiger partial charge in [0.05, 0.1) is 0 Å². The molecule has 4 heterocycles. The summed E-state index contributed by atoms with van der Waals surface area (Å²) in [6.45, 7) is 2.88. The van der Waals surface area contributed by atoms with Gasteiger partial charge in [-0.25, -0.2) is 24.7 Å². The molecule has 41 heavy (non-hydrogen) atoms. The first kappa shape index (κ1) is 30.0. The van der Waals surface area contributed by atoms with Crippen LogP contribution in [0.15, 0.2) is 48.9 Å². The quantitative estimate of drug-likeness (QED) is 0.227. The van der Waals surface area contributed by atoms with E-state index in [1.54, 1.807) is 18.3 Å². The number of alkyl halides is 3. The molecule has 0 spiro atoms. The third-order valence-electron chi connectivity index (χ3n) is 6.72. The van der Waals surface area contributed by atoms with Gasteiger partial charge in [0.25, 0.3) is 0 Å². The second-order valence-electron chi connectivity index (χ2n) is 9.77. The lowest BCUT2D eigenvalue weighted by Crippen LogP contribution is -2.37. The van der Waals surface area contributed by atoms with E-state index < -0.39 is 23.9 Å². The Morgan fingerprint density at radius 2 is 2.00 bits per heavy atom. The van der Waals surface area contributed by atoms with Gasteiger partial charge >= 0.3 is 12.1 Å². The number of pyridine rings is 2. The number of rotatable bonds is 15. The highest BCUT2D eigenvalue weighted by Gasteiger charge is 2.33. The van der Waals surface area contributed by atoms with Gasteiger partial charge < -0.3 is 20.5 Å². The average molecular weight is 574 g/mol. The number of carboxylic acid groups (broad SMARTS) is 1. The highest BCUT2D eigenvalue weighted by Crippen LogP contribution is 2.28. The van der Waals surface area contributed by atoms with Crippen molar-refractivity contribution in [1.29, 1.82) is 0 Å². The van der Waals surface area contributed by atoms with Gasteiger partial charge in [-0.3, -0.25) is 4.90 Å². The summed E-state index contributed by atoms with van der Waals surface area (Å²) in [5.74, 6) is 0.0832. The smallest absolute Gasteiger partial charge is 0.433 e. The molecule has 3 N–H and O–H groups in total. The molecular formula is C28H34F3N7O3. The largest absolute Gasteiger partial charge is 0.480 e. The average Bonchev–Trinajstić information content (AvgIpc) is 2.97. The minimum Gasteiger partial charge on any atom is -0.480 e. The first-order valence-corrected chi connectivity index (χ1v) is 13.7. The Kier molecular flexibility index (Phi) is 10.7. The van der Waals surface area contributed by atoms with Gasteiger partial charge in [-0.05, 0) is 62.8 Å². The predicted octanol–water partition coefficient (Wildman–Crippen LogP) is 4.30. The van der Waals surface area contributed by atoms with Crippen LogP contribution in [-0.4, -0.2) is 74.7 Å². The van der Waals surface area contributed by atoms with Crippen LogP contribution in [0, 0.1) is 0 Å². The Morgan fingerprint density at radius 1 is 1.12 bits per heavy atom. The maximum atomic E-state index is 13.0. The number of nitrogens with one attached hydrogen (secondary N) is 2. The molecule has 4 rings (SSSR count). The molecule has 0 fully saturated rings. The molecule has 0 saturated carbocycles. The fraction of sp³-hybridized carbons (Fsp3) is 0.464. The van der Waals surface area contributed by atoms with E-state index in [1.807, 2.05) is 6.07 Å². The Labute approximate surface area is 236 Å². The molecule has 1 aliphatic rings. The van der Waals surface area contributed by atoms with E-state index in [0.717, 1.165) is 56.5 Å². The molecular weight excluding hydrogens is 539 g/mol. The van der Waals surface area contributed by atoms with Crippen molar-refractivity contribution in [3.63, 3.8) is 0 Å². The summed E-state index contributed by atoms with van der Waals surface area (Å²) < 4.78 is 44.8. The number of halogens is 3. The first-order chi connectivity index (χ1) is 19.8. The Morgan fingerprint density at radius 3 is 2.78 bits per heavy atom. The molecule has 3 aromatic rings. The number of carboxylic acids is 1. The van der Waals surface area contributed by atoms with Crippen molar-refractivity contribution in [3.05, 3.63) is 65.9 Å². The summed E-state index contributed by atoms with van der Waals surface area (Å²) in [4.78, 5) is 29.9. The number of hydrogen-bond donors (Lipinski definition) is 3. The normalized spacial score (nSPS) is 13.8. The summed E-state index contributed by atoms with van der Waals surface area (Å²) in [5, 5.41) is 15.7. The number of carbonyl (C=O) groups is 1. The van der Waals surface area contributed by atoms with Crippen molar-refractivity contribution >= 4 is 17.6 Å². The lowest BCUT2D eigenvalue weighted by molar-refractivity contribution is -0.141. The molecule has 0 saturated heterocycles. The van der Waals surface area contributed by atoms with Gasteiger partial charge in [0.2, 0.25) is 5.88 Å². The van der Waals surface area contributed by atoms with Gasteiger partial charge in [-0.1, -0.05) is 12.1 Å². The fourth-order valence-corrected chi connectivity index (χ4v) is 4.54. The molecule has 1 aliphatic heterocycles. The second-order valence-corrected chi connectivity index (χ2v) is 9.77. The number of anilines is 2. The summed E-state index contributed by atoms with van der Waals surface area (Å²) >= 11 is 0. The minimum atomic E-state index is -4.66. The van der Waals surface area contributed by atoms with Crippen molar-refractivity contribution in [2.24, 2.45) is 0 Å². The zero-order valence-corrected chi connectivity index (χ0v) is 22.6. The van der Waals surface area contributed by atoms with Gasteiger partial charge in [0.1, 0.15) is 36.3 Å². The molecule has 0 aliphatic carbocycles. The van der Waals surface area contributed by atoms with E-state index in [-0.39, 0.29) is 12.2 Å². The molecule has 0 bridgehead atoms. The molecule has 1 unspecified atom stereocenters. The third-order valence-corrected chi connectivity index (χ3v) is 6.72. The molecule has 220 valence electrons. The van der Waals surface area contributed by atoms with Gasteiger partial charge in [0.15, 0.2) is 0 Å². The van der Waals surface area contributed by atoms with Crippen LogP contribution >= 0.6 is 0 Å². The van der Waals surface area contributed by atoms with Crippen molar-refractivity contribution in [2.45, 2.75) is 50.7 Å². The van der Waals surface area contributed by atoms with Crippen molar-refractivity contribution in [2.75, 3.05) is 43.4 Å². The van der Waals surface area contributed by atoms with Gasteiger partial charge in [0, 0.05) is 43.7 Å². The third kappa shape index (κ3) is 9.55. The van der Waals surface area contributed by atoms with E-state index in [2.05, 4.69) is 42.6 Å². The van der Waals surface area contributed by atoms with E-state index >= 15 is 0 Å². The van der Waals surface area contributed by atoms with E-state index in [9.17, 15) is 23.1 Å². The van der Waals surface area contributed by atoms with Gasteiger partial charge in [-0.2, -0.15) is 13.2 Å². The molecule has 0 amide bonds. The molecule has 3 aromatic heterocycles. The first-order valence-electron chi connectivity index (χ1n) is 13.7. The van der Waals surface area contributed by atoms with Crippen molar-refractivity contribution in [3.8, 4) is 5.88 Å². The van der Waals surface area contributed by atoms with Crippen LogP contribution in [0.5, 0.6) is 5.88 Å². The summed E-state index contributed by atoms with van der Waals surface area (Å²) in [6.07, 6.45) is 2.60. The predicted molar refractivity (Wildman–Crippen MR) is 147 cm³/mol. The monoisotopic (exact) mass is 573 g/mol. The van der Waals surface area contributed by atoms with Crippen LogP contribution in [0.2, 0.25) is 0 Å². The van der Waals surface area contributed by atoms with Gasteiger partial charge in [-0.15, -0.1) is 0 Å². The number of unbranched alkanes of at least 4 members (excludes halogenated alkanes) is 1. The SMILES string of the molecule is O=C(O)C(CCN(CCCCc1ccc2c(n1)NCCC2)CCOc1ccccn1)Nc1cc(C(F)(F)F)ncn1. The number of nitrogens with zero attached hydrogens (tertiary/aromatic N) is 5. The van der Waals surface area contributed by atoms with Crippen LogP contribution in [0.4, 0.5) is 24.8 Å². The minimum absolute atomic E-state index is 0.141. The van der Waals surface area contributed by atoms with Crippen molar-refractivity contribution < 1.29 is 27.8 Å². The number of ether oxygens (including phenoxy) is 1. The zero-order chi connectivity index (χ0) is 29.1. The number of fused-ring (bicyclic) bond motifs is 1. The second kappa shape index (κ2) is 14.6. The van der Waals surface area contributed by atoms with Crippen LogP contribution in [0.1, 0.15) is 42.6 Å². The molecule has 0 aromatic carbocycles. The van der Waals surface area contributed by atoms with E-state index in [4.69, 9.17) is 9.72 Å². The highest BCUT2D eigenvalue weighted by molar-refractivity contribution is 5.76. The number of hydrogen-bond acceptors (Lipinski definition) is 9. The number of aryl methyl sites for hydroxylation is 2. The maximum Gasteiger partial charge on any atom is 0.433 e. The molecule has 1 atom stereocenters. The Bertz CT molecular complexity index is 1260. The summed E-state index contributed by atoms with van der Waals surface area (Å²) in [6, 6.07) is 9.15. The fourth-order valence-electron chi connectivity index (χ4n) is 4.54. The van der Waals surface area contributed by atoms with Crippen LogP contribution < -0.4 is 15.4 Å². The topological polar surface area (TPSA) is 125 Å². The number of aromatic nitrogens is 4. The van der Waals surface area contributed by atoms with E-state index in [1.165, 1.54) is 5.56 Å². The molecule has 13 heteroatoms. The Balaban J connectivity index is 1.32. The number of aliphatic carboxylic acids is 1. The lowest BCUT2D eigenvalue weighted by Gasteiger charge is -2.24. The molecule has 0 radical (unpaired) electrons.